The number of cyclic esters (lactones) is 1. The molecular formula is C62H88N4O14S. The highest BCUT2D eigenvalue weighted by atomic mass is 32.1. The summed E-state index contributed by atoms with van der Waals surface area (Å²) in [4.78, 5) is 79.4. The molecule has 81 heavy (non-hydrogen) atoms. The van der Waals surface area contributed by atoms with Gasteiger partial charge in [0.15, 0.2) is 0 Å². The molecule has 1 aromatic heterocycles. The molecule has 14 atom stereocenters. The molecule has 1 amide bonds. The maximum Gasteiger partial charge on any atom is 0.329 e. The number of benzene rings is 2. The van der Waals surface area contributed by atoms with E-state index in [9.17, 15) is 44.4 Å². The van der Waals surface area contributed by atoms with Crippen LogP contribution in [0.15, 0.2) is 65.8 Å². The molecule has 5 N–H and O–H groups in total. The molecule has 1 saturated carbocycles. The third-order valence-corrected chi connectivity index (χ3v) is 18.3. The number of anilines is 2. The average molecular weight is 1150 g/mol. The van der Waals surface area contributed by atoms with E-state index in [0.717, 1.165) is 42.6 Å². The van der Waals surface area contributed by atoms with Gasteiger partial charge in [0.2, 0.25) is 5.79 Å². The SMILES string of the molecule is CO[C@H]1C[C@@H](C)C/C(C)=C/[C@@H](CCOC(=O)CCCNc2ccc3sc(-c4ccc(N(C)C)cc4)nc3c2)C(=O)C[C@H](O)[C@@H](C)[C@@H](/C(C)=C/[C@@H]2CC[C@@H](O)[C@H](CO)C2)OC(=O)[C@@H]2CCCCN2C(=O)C(=O)[C@]2(O)O[C@H]1[C@@H](OC)C[C@H]2C. The number of allylic oxidation sites excluding steroid dienone is 3. The van der Waals surface area contributed by atoms with Gasteiger partial charge in [-0.25, -0.2) is 9.78 Å². The summed E-state index contributed by atoms with van der Waals surface area (Å²) in [6, 6.07) is 13.1. The Balaban J connectivity index is 1.08. The summed E-state index contributed by atoms with van der Waals surface area (Å²) < 4.78 is 31.4. The zero-order valence-corrected chi connectivity index (χ0v) is 49.7. The number of thiazole rings is 1. The monoisotopic (exact) mass is 1140 g/mol. The second-order valence-electron chi connectivity index (χ2n) is 23.6. The van der Waals surface area contributed by atoms with E-state index >= 15 is 0 Å². The Morgan fingerprint density at radius 2 is 1.68 bits per heavy atom. The van der Waals surface area contributed by atoms with Gasteiger partial charge in [-0.3, -0.25) is 19.2 Å². The number of esters is 2. The zero-order chi connectivity index (χ0) is 58.7. The Bertz CT molecular complexity index is 2690. The van der Waals surface area contributed by atoms with Gasteiger partial charge in [0.25, 0.3) is 11.7 Å². The number of rotatable bonds is 15. The van der Waals surface area contributed by atoms with Crippen molar-refractivity contribution in [3.8, 4) is 10.6 Å². The van der Waals surface area contributed by atoms with Gasteiger partial charge >= 0.3 is 11.9 Å². The first-order chi connectivity index (χ1) is 38.6. The number of piperidine rings is 1. The fraction of sp³-hybridized carbons (Fsp3) is 0.645. The second-order valence-corrected chi connectivity index (χ2v) is 24.6. The van der Waals surface area contributed by atoms with Crippen LogP contribution in [-0.2, 0) is 47.7 Å². The molecule has 0 unspecified atom stereocenters. The van der Waals surface area contributed by atoms with Crippen molar-refractivity contribution in [2.45, 2.75) is 167 Å². The maximum absolute atomic E-state index is 14.6. The smallest absolute Gasteiger partial charge is 0.329 e. The van der Waals surface area contributed by atoms with Gasteiger partial charge in [0, 0.05) is 101 Å². The molecule has 2 saturated heterocycles. The summed E-state index contributed by atoms with van der Waals surface area (Å²) >= 11 is 1.63. The number of amides is 1. The standard InChI is InChI=1S/C62H88N4O14S/c1-36-27-37(2)29-52(76-8)57-53(77-9)31-39(4)62(75,80-57)58(72)60(73)66-25-11-10-13-48(66)61(74)79-56(38(3)30-41-15-21-49(68)44(32-41)35-67)40(5)50(69)34-51(70)43(28-36)23-26-78-55(71)14-12-24-63-45-18-22-54-47(33-45)64-59(81-54)42-16-19-46(20-17-42)65(6)7/h16-20,22,28,30,33,37,39-41,43-44,48-50,52-53,56-57,63,67-69,75H,10-15,21,23-27,29,31-32,34-35H2,1-9H3/b36-28+,38-30+/t37-,39+,40+,41-,43+,44-,48-,49+,50-,52-,53-,56+,57+,62+/m0/s1. The van der Waals surface area contributed by atoms with E-state index in [4.69, 9.17) is 28.7 Å². The highest BCUT2D eigenvalue weighted by Gasteiger charge is 2.56. The Kier molecular flexibility index (Phi) is 22.7. The highest BCUT2D eigenvalue weighted by Crippen LogP contribution is 2.40. The first-order valence-electron chi connectivity index (χ1n) is 29.1. The zero-order valence-electron chi connectivity index (χ0n) is 48.8. The predicted octanol–water partition coefficient (Wildman–Crippen LogP) is 7.82. The van der Waals surface area contributed by atoms with Crippen molar-refractivity contribution < 1.29 is 68.1 Å². The number of fused-ring (bicyclic) bond motifs is 4. The number of nitrogens with one attached hydrogen (secondary N) is 1. The van der Waals surface area contributed by atoms with Crippen molar-refractivity contribution in [1.82, 2.24) is 9.88 Å². The first-order valence-corrected chi connectivity index (χ1v) is 29.9. The molecular weight excluding hydrogens is 1060 g/mol. The van der Waals surface area contributed by atoms with Gasteiger partial charge in [0.05, 0.1) is 41.2 Å². The average Bonchev–Trinajstić information content (AvgIpc) is 3.92. The second kappa shape index (κ2) is 28.9. The van der Waals surface area contributed by atoms with Crippen LogP contribution in [0.4, 0.5) is 11.4 Å². The number of hydrogen-bond donors (Lipinski definition) is 5. The van der Waals surface area contributed by atoms with Crippen LogP contribution in [0.1, 0.15) is 118 Å². The molecule has 0 radical (unpaired) electrons. The number of hydrogen-bond acceptors (Lipinski definition) is 18. The third kappa shape index (κ3) is 16.0. The number of carbonyl (C=O) groups is 5. The summed E-state index contributed by atoms with van der Waals surface area (Å²) in [5, 5.41) is 49.2. The number of aromatic nitrogens is 1. The maximum atomic E-state index is 14.6. The van der Waals surface area contributed by atoms with Gasteiger partial charge in [-0.2, -0.15) is 0 Å². The molecule has 3 aromatic rings. The number of ketones is 2. The van der Waals surface area contributed by atoms with Crippen LogP contribution < -0.4 is 10.2 Å². The van der Waals surface area contributed by atoms with Crippen LogP contribution in [0.2, 0.25) is 0 Å². The number of aliphatic hydroxyl groups is 4. The number of Topliss-reactive ketones (excluding diaryl/α,β-unsaturated/α-hetero) is 2. The van der Waals surface area contributed by atoms with Gasteiger partial charge in [-0.05, 0) is 144 Å². The minimum Gasteiger partial charge on any atom is -0.466 e. The highest BCUT2D eigenvalue weighted by molar-refractivity contribution is 7.21. The largest absolute Gasteiger partial charge is 0.466 e. The normalized spacial score (nSPS) is 32.3. The lowest BCUT2D eigenvalue weighted by atomic mass is 9.78. The Labute approximate surface area is 481 Å². The molecule has 4 aliphatic rings. The van der Waals surface area contributed by atoms with Crippen molar-refractivity contribution in [3.05, 3.63) is 65.8 Å². The van der Waals surface area contributed by atoms with E-state index in [1.807, 2.05) is 58.3 Å². The predicted molar refractivity (Wildman–Crippen MR) is 310 cm³/mol. The van der Waals surface area contributed by atoms with E-state index in [2.05, 4.69) is 34.5 Å². The van der Waals surface area contributed by atoms with E-state index in [1.54, 1.807) is 32.1 Å². The molecule has 2 bridgehead atoms. The minimum absolute atomic E-state index is 0.0390. The van der Waals surface area contributed by atoms with E-state index < -0.39 is 89.8 Å². The first kappa shape index (κ1) is 63.5. The van der Waals surface area contributed by atoms with Crippen LogP contribution in [-0.4, -0.2) is 163 Å². The van der Waals surface area contributed by atoms with Crippen molar-refractivity contribution in [2.75, 3.05) is 64.8 Å². The van der Waals surface area contributed by atoms with Crippen molar-refractivity contribution >= 4 is 62.3 Å². The van der Waals surface area contributed by atoms with Crippen LogP contribution in [0.3, 0.4) is 0 Å². The van der Waals surface area contributed by atoms with Crippen molar-refractivity contribution in [3.63, 3.8) is 0 Å². The Hall–Kier alpha value is -5.12. The number of nitrogens with zero attached hydrogens (tertiary/aromatic N) is 3. The van der Waals surface area contributed by atoms with Gasteiger partial charge < -0.3 is 59.2 Å². The third-order valence-electron chi connectivity index (χ3n) is 17.2. The van der Waals surface area contributed by atoms with Crippen LogP contribution in [0.25, 0.3) is 20.8 Å². The number of carbonyl (C=O) groups excluding carboxylic acids is 5. The lowest BCUT2D eigenvalue weighted by Crippen LogP contribution is -2.64. The summed E-state index contributed by atoms with van der Waals surface area (Å²) in [5.74, 6) is -9.46. The lowest BCUT2D eigenvalue weighted by molar-refractivity contribution is -0.302. The van der Waals surface area contributed by atoms with Gasteiger partial charge in [-0.15, -0.1) is 11.3 Å². The molecule has 3 aliphatic heterocycles. The quantitative estimate of drug-likeness (QED) is 0.0421. The molecule has 446 valence electrons. The molecule has 7 rings (SSSR count). The fourth-order valence-corrected chi connectivity index (χ4v) is 13.2. The summed E-state index contributed by atoms with van der Waals surface area (Å²) in [5.41, 5.74) is 5.36. The summed E-state index contributed by atoms with van der Waals surface area (Å²) in [6.07, 6.45) is 2.64. The van der Waals surface area contributed by atoms with E-state index in [1.165, 1.54) is 14.2 Å². The number of ether oxygens (including phenoxy) is 5. The molecule has 4 heterocycles. The van der Waals surface area contributed by atoms with Crippen LogP contribution in [0.5, 0.6) is 0 Å². The molecule has 19 heteroatoms. The molecule has 0 spiro atoms. The van der Waals surface area contributed by atoms with Gasteiger partial charge in [0.1, 0.15) is 29.0 Å². The summed E-state index contributed by atoms with van der Waals surface area (Å²) in [7, 11) is 7.03. The molecule has 1 aliphatic carbocycles. The Morgan fingerprint density at radius 3 is 2.38 bits per heavy atom. The number of methoxy groups -OCH3 is 2. The van der Waals surface area contributed by atoms with Crippen LogP contribution >= 0.6 is 11.3 Å². The molecule has 3 fully saturated rings. The number of aliphatic hydroxyl groups excluding tert-OH is 3. The minimum atomic E-state index is -2.57. The topological polar surface area (TPSA) is 244 Å². The summed E-state index contributed by atoms with van der Waals surface area (Å²) in [6.45, 7) is 9.29. The van der Waals surface area contributed by atoms with Crippen molar-refractivity contribution in [1.29, 1.82) is 0 Å². The Morgan fingerprint density at radius 1 is 0.951 bits per heavy atom. The fourth-order valence-electron chi connectivity index (χ4n) is 12.3. The van der Waals surface area contributed by atoms with E-state index in [0.29, 0.717) is 63.5 Å². The molecule has 18 nitrogen and oxygen atoms in total. The van der Waals surface area contributed by atoms with E-state index in [-0.39, 0.29) is 75.4 Å². The van der Waals surface area contributed by atoms with Gasteiger partial charge in [-0.1, -0.05) is 38.5 Å². The molecule has 2 aromatic carbocycles. The van der Waals surface area contributed by atoms with Crippen molar-refractivity contribution in [2.24, 2.45) is 35.5 Å². The lowest BCUT2D eigenvalue weighted by Gasteiger charge is -2.47. The van der Waals surface area contributed by atoms with Crippen LogP contribution in [0, 0.1) is 35.5 Å².